The van der Waals surface area contributed by atoms with Gasteiger partial charge in [0.1, 0.15) is 0 Å². The second kappa shape index (κ2) is 7.66. The molecule has 1 heterocycles. The van der Waals surface area contributed by atoms with Crippen molar-refractivity contribution < 1.29 is 4.79 Å². The smallest absolute Gasteiger partial charge is 0.257 e. The molecule has 0 saturated carbocycles. The molecule has 3 aromatic rings. The van der Waals surface area contributed by atoms with E-state index in [-0.39, 0.29) is 5.91 Å². The average molecular weight is 442 g/mol. The maximum atomic E-state index is 12.2. The topological polar surface area (TPSA) is 42.0 Å². The minimum absolute atomic E-state index is 0.182. The number of amides is 1. The Morgan fingerprint density at radius 2 is 1.88 bits per heavy atom. The van der Waals surface area contributed by atoms with Crippen LogP contribution in [0.3, 0.4) is 0 Å². The van der Waals surface area contributed by atoms with Gasteiger partial charge in [-0.3, -0.25) is 10.1 Å². The number of rotatable bonds is 4. The molecule has 1 amide bonds. The Labute approximate surface area is 161 Å². The fourth-order valence-corrected chi connectivity index (χ4v) is 3.50. The summed E-state index contributed by atoms with van der Waals surface area (Å²) in [5, 5.41) is 4.44. The van der Waals surface area contributed by atoms with Gasteiger partial charge < -0.3 is 0 Å². The predicted octanol–water partition coefficient (Wildman–Crippen LogP) is 6.06. The van der Waals surface area contributed by atoms with Gasteiger partial charge in [0.05, 0.1) is 10.0 Å². The Morgan fingerprint density at radius 1 is 1.12 bits per heavy atom. The summed E-state index contributed by atoms with van der Waals surface area (Å²) < 4.78 is 0.928. The molecule has 3 rings (SSSR count). The van der Waals surface area contributed by atoms with Crippen LogP contribution >= 0.6 is 50.5 Å². The third kappa shape index (κ3) is 4.36. The van der Waals surface area contributed by atoms with Gasteiger partial charge in [-0.25, -0.2) is 4.98 Å². The molecule has 1 N–H and O–H groups in total. The highest BCUT2D eigenvalue weighted by atomic mass is 79.9. The number of benzene rings is 2. The fourth-order valence-electron chi connectivity index (χ4n) is 2.07. The number of halogens is 3. The first kappa shape index (κ1) is 17.4. The molecule has 0 radical (unpaired) electrons. The highest BCUT2D eigenvalue weighted by molar-refractivity contribution is 9.10. The molecule has 0 aliphatic carbocycles. The van der Waals surface area contributed by atoms with Crippen molar-refractivity contribution in [2.24, 2.45) is 0 Å². The molecule has 0 aliphatic rings. The maximum Gasteiger partial charge on any atom is 0.257 e. The van der Waals surface area contributed by atoms with Crippen LogP contribution in [0.4, 0.5) is 5.13 Å². The molecular weight excluding hydrogens is 431 g/mol. The van der Waals surface area contributed by atoms with E-state index in [1.807, 2.05) is 24.3 Å². The molecule has 0 atom stereocenters. The molecule has 0 unspecified atom stereocenters. The monoisotopic (exact) mass is 440 g/mol. The SMILES string of the molecule is O=C(Nc1ncc(Cc2ccc(Cl)c(Cl)c2)s1)c1ccc(Br)cc1. The second-order valence-corrected chi connectivity index (χ2v) is 7.86. The van der Waals surface area contributed by atoms with E-state index in [1.54, 1.807) is 24.4 Å². The van der Waals surface area contributed by atoms with Gasteiger partial charge in [-0.2, -0.15) is 0 Å². The van der Waals surface area contributed by atoms with E-state index < -0.39 is 0 Å². The number of carbonyl (C=O) groups excluding carboxylic acids is 1. The summed E-state index contributed by atoms with van der Waals surface area (Å²) in [6, 6.07) is 12.7. The highest BCUT2D eigenvalue weighted by Crippen LogP contribution is 2.26. The highest BCUT2D eigenvalue weighted by Gasteiger charge is 2.10. The number of nitrogens with one attached hydrogen (secondary N) is 1. The third-order valence-electron chi connectivity index (χ3n) is 3.24. The molecule has 122 valence electrons. The summed E-state index contributed by atoms with van der Waals surface area (Å²) in [6.07, 6.45) is 2.44. The molecule has 1 aromatic heterocycles. The van der Waals surface area contributed by atoms with E-state index >= 15 is 0 Å². The average Bonchev–Trinajstić information content (AvgIpc) is 2.98. The van der Waals surface area contributed by atoms with Gasteiger partial charge in [-0.1, -0.05) is 45.2 Å². The van der Waals surface area contributed by atoms with Gasteiger partial charge in [-0.05, 0) is 42.0 Å². The van der Waals surface area contributed by atoms with E-state index in [4.69, 9.17) is 23.2 Å². The fraction of sp³-hybridized carbons (Fsp3) is 0.0588. The number of hydrogen-bond donors (Lipinski definition) is 1. The Kier molecular flexibility index (Phi) is 5.56. The van der Waals surface area contributed by atoms with Crippen molar-refractivity contribution in [2.45, 2.75) is 6.42 Å². The molecule has 0 aliphatic heterocycles. The molecule has 3 nitrogen and oxygen atoms in total. The maximum absolute atomic E-state index is 12.2. The van der Waals surface area contributed by atoms with Crippen molar-refractivity contribution in [2.75, 3.05) is 5.32 Å². The molecule has 0 saturated heterocycles. The second-order valence-electron chi connectivity index (χ2n) is 5.02. The molecule has 24 heavy (non-hydrogen) atoms. The van der Waals surface area contributed by atoms with E-state index in [1.165, 1.54) is 11.3 Å². The van der Waals surface area contributed by atoms with Crippen LogP contribution < -0.4 is 5.32 Å². The number of carbonyl (C=O) groups is 1. The Hall–Kier alpha value is -1.40. The molecule has 2 aromatic carbocycles. The van der Waals surface area contributed by atoms with Crippen LogP contribution in [0.1, 0.15) is 20.8 Å². The van der Waals surface area contributed by atoms with Crippen LogP contribution in [0.2, 0.25) is 10.0 Å². The summed E-state index contributed by atoms with van der Waals surface area (Å²) in [7, 11) is 0. The van der Waals surface area contributed by atoms with Crippen LogP contribution in [-0.2, 0) is 6.42 Å². The number of aromatic nitrogens is 1. The predicted molar refractivity (Wildman–Crippen MR) is 103 cm³/mol. The third-order valence-corrected chi connectivity index (χ3v) is 5.42. The zero-order valence-electron chi connectivity index (χ0n) is 12.2. The minimum atomic E-state index is -0.182. The number of hydrogen-bond acceptors (Lipinski definition) is 3. The van der Waals surface area contributed by atoms with Crippen molar-refractivity contribution >= 4 is 61.5 Å². The Balaban J connectivity index is 1.67. The van der Waals surface area contributed by atoms with Crippen molar-refractivity contribution in [3.63, 3.8) is 0 Å². The van der Waals surface area contributed by atoms with Gasteiger partial charge in [-0.15, -0.1) is 11.3 Å². The lowest BCUT2D eigenvalue weighted by Crippen LogP contribution is -2.11. The Bertz CT molecular complexity index is 881. The molecule has 0 spiro atoms. The summed E-state index contributed by atoms with van der Waals surface area (Å²) in [5.41, 5.74) is 1.62. The van der Waals surface area contributed by atoms with Crippen molar-refractivity contribution in [1.29, 1.82) is 0 Å². The van der Waals surface area contributed by atoms with Crippen molar-refractivity contribution in [1.82, 2.24) is 4.98 Å². The lowest BCUT2D eigenvalue weighted by atomic mass is 10.1. The minimum Gasteiger partial charge on any atom is -0.298 e. The van der Waals surface area contributed by atoms with Crippen LogP contribution in [-0.4, -0.2) is 10.9 Å². The van der Waals surface area contributed by atoms with E-state index in [0.29, 0.717) is 27.2 Å². The van der Waals surface area contributed by atoms with Gasteiger partial charge in [0.2, 0.25) is 0 Å². The summed E-state index contributed by atoms with van der Waals surface area (Å²) in [6.45, 7) is 0. The lowest BCUT2D eigenvalue weighted by Gasteiger charge is -2.02. The first-order valence-corrected chi connectivity index (χ1v) is 9.33. The molecular formula is C17H11BrCl2N2OS. The van der Waals surface area contributed by atoms with Crippen LogP contribution in [0, 0.1) is 0 Å². The number of anilines is 1. The molecule has 0 bridgehead atoms. The normalized spacial score (nSPS) is 10.6. The zero-order valence-corrected chi connectivity index (χ0v) is 16.1. The van der Waals surface area contributed by atoms with Crippen molar-refractivity contribution in [3.05, 3.63) is 79.2 Å². The van der Waals surface area contributed by atoms with Crippen LogP contribution in [0.25, 0.3) is 0 Å². The van der Waals surface area contributed by atoms with E-state index in [9.17, 15) is 4.79 Å². The number of nitrogens with zero attached hydrogens (tertiary/aromatic N) is 1. The summed E-state index contributed by atoms with van der Waals surface area (Å²) in [4.78, 5) is 17.5. The first-order chi connectivity index (χ1) is 11.5. The zero-order chi connectivity index (χ0) is 17.1. The summed E-state index contributed by atoms with van der Waals surface area (Å²) in [5.74, 6) is -0.182. The van der Waals surface area contributed by atoms with Gasteiger partial charge in [0.25, 0.3) is 5.91 Å². The standard InChI is InChI=1S/C17H11BrCl2N2OS/c18-12-4-2-11(3-5-12)16(23)22-17-21-9-13(24-17)7-10-1-6-14(19)15(20)8-10/h1-6,8-9H,7H2,(H,21,22,23). The first-order valence-electron chi connectivity index (χ1n) is 6.97. The Morgan fingerprint density at radius 3 is 2.58 bits per heavy atom. The van der Waals surface area contributed by atoms with E-state index in [0.717, 1.165) is 14.9 Å². The summed E-state index contributed by atoms with van der Waals surface area (Å²) >= 11 is 16.7. The molecule has 0 fully saturated rings. The van der Waals surface area contributed by atoms with Gasteiger partial charge >= 0.3 is 0 Å². The number of thiazole rings is 1. The van der Waals surface area contributed by atoms with Crippen molar-refractivity contribution in [3.8, 4) is 0 Å². The lowest BCUT2D eigenvalue weighted by molar-refractivity contribution is 0.102. The van der Waals surface area contributed by atoms with Gasteiger partial charge in [0.15, 0.2) is 5.13 Å². The van der Waals surface area contributed by atoms with Gasteiger partial charge in [0, 0.05) is 27.5 Å². The quantitative estimate of drug-likeness (QED) is 0.534. The largest absolute Gasteiger partial charge is 0.298 e. The molecule has 7 heteroatoms. The van der Waals surface area contributed by atoms with Crippen LogP contribution in [0.15, 0.2) is 53.1 Å². The van der Waals surface area contributed by atoms with E-state index in [2.05, 4.69) is 26.2 Å². The van der Waals surface area contributed by atoms with Crippen LogP contribution in [0.5, 0.6) is 0 Å².